The zero-order chi connectivity index (χ0) is 30.7. The van der Waals surface area contributed by atoms with Crippen molar-refractivity contribution in [3.63, 3.8) is 0 Å². The molecule has 4 N–H and O–H groups in total. The zero-order valence-corrected chi connectivity index (χ0v) is 25.9. The fourth-order valence-electron chi connectivity index (χ4n) is 7.67. The summed E-state index contributed by atoms with van der Waals surface area (Å²) in [4.78, 5) is 14.3. The van der Waals surface area contributed by atoms with Crippen LogP contribution in [-0.2, 0) is 6.42 Å². The molecule has 4 aliphatic rings. The molecule has 44 heavy (non-hydrogen) atoms. The lowest BCUT2D eigenvalue weighted by Crippen LogP contribution is -2.54. The molecule has 0 aliphatic carbocycles. The molecule has 1 unspecified atom stereocenters. The van der Waals surface area contributed by atoms with E-state index in [1.165, 1.54) is 6.08 Å². The topological polar surface area (TPSA) is 127 Å². The maximum atomic E-state index is 16.8. The average Bonchev–Trinajstić information content (AvgIpc) is 3.69. The van der Waals surface area contributed by atoms with Crippen molar-refractivity contribution in [2.45, 2.75) is 50.6 Å². The monoisotopic (exact) mass is 638 g/mol. The van der Waals surface area contributed by atoms with Gasteiger partial charge in [-0.1, -0.05) is 18.5 Å². The lowest BCUT2D eigenvalue weighted by atomic mass is 9.91. The summed E-state index contributed by atoms with van der Waals surface area (Å²) in [7, 11) is 0. The van der Waals surface area contributed by atoms with E-state index in [2.05, 4.69) is 27.0 Å². The van der Waals surface area contributed by atoms with E-state index >= 15 is 4.39 Å². The summed E-state index contributed by atoms with van der Waals surface area (Å²) in [6, 6.07) is 2.21. The summed E-state index contributed by atoms with van der Waals surface area (Å²) in [6.45, 7) is 6.88. The van der Waals surface area contributed by atoms with Crippen LogP contribution in [-0.4, -0.2) is 72.0 Å². The number of thiophene rings is 1. The molecule has 0 bridgehead atoms. The number of aromatic nitrogens is 2. The van der Waals surface area contributed by atoms with Gasteiger partial charge in [-0.25, -0.2) is 8.78 Å². The highest BCUT2D eigenvalue weighted by Gasteiger charge is 2.45. The van der Waals surface area contributed by atoms with Gasteiger partial charge in [0.25, 0.3) is 0 Å². The van der Waals surface area contributed by atoms with Gasteiger partial charge in [-0.2, -0.15) is 15.2 Å². The number of ether oxygens (including phenoxy) is 1. The SMILES string of the molecule is C[C@H]1Cc2c(Cl)c(/C=c3\c(C#N)c(N)s\c3=C(/F)C=N)c(F)c3nc(OCC45CCCN4CCC5)nc(c23)N2CCNCC12. The summed E-state index contributed by atoms with van der Waals surface area (Å²) in [6.07, 6.45) is 6.79. The Morgan fingerprint density at radius 1 is 1.32 bits per heavy atom. The Kier molecular flexibility index (Phi) is 7.48. The van der Waals surface area contributed by atoms with E-state index in [1.807, 2.05) is 6.07 Å². The fraction of sp³-hybridized carbons (Fsp3) is 0.484. The molecule has 13 heteroatoms. The average molecular weight is 639 g/mol. The van der Waals surface area contributed by atoms with Crippen LogP contribution in [0.25, 0.3) is 22.8 Å². The Bertz CT molecular complexity index is 1850. The minimum absolute atomic E-state index is 0.00402. The largest absolute Gasteiger partial charge is 0.461 e. The van der Waals surface area contributed by atoms with Crippen molar-refractivity contribution in [2.24, 2.45) is 5.92 Å². The van der Waals surface area contributed by atoms with Gasteiger partial charge in [0.2, 0.25) is 0 Å². The van der Waals surface area contributed by atoms with E-state index in [0.29, 0.717) is 42.6 Å². The van der Waals surface area contributed by atoms with Crippen LogP contribution in [0.4, 0.5) is 19.6 Å². The number of anilines is 2. The Hall–Kier alpha value is -3.37. The van der Waals surface area contributed by atoms with Crippen molar-refractivity contribution in [3.05, 3.63) is 37.3 Å². The number of hydrogen-bond donors (Lipinski definition) is 3. The van der Waals surface area contributed by atoms with Gasteiger partial charge in [-0.05, 0) is 62.8 Å². The number of fused-ring (bicyclic) bond motifs is 3. The molecule has 0 radical (unpaired) electrons. The third-order valence-corrected chi connectivity index (χ3v) is 11.3. The molecule has 6 heterocycles. The van der Waals surface area contributed by atoms with Crippen LogP contribution in [0.3, 0.4) is 0 Å². The third kappa shape index (κ3) is 4.55. The first-order valence-electron chi connectivity index (χ1n) is 15.0. The van der Waals surface area contributed by atoms with Gasteiger partial charge < -0.3 is 26.1 Å². The fourth-order valence-corrected chi connectivity index (χ4v) is 8.88. The van der Waals surface area contributed by atoms with E-state index in [0.717, 1.165) is 63.2 Å². The first kappa shape index (κ1) is 29.3. The number of hydrogen-bond acceptors (Lipinski definition) is 10. The van der Waals surface area contributed by atoms with Crippen molar-refractivity contribution in [3.8, 4) is 12.1 Å². The quantitative estimate of drug-likeness (QED) is 0.363. The number of nitrogen functional groups attached to an aromatic ring is 1. The molecular formula is C31H33ClF2N8OS. The number of nitrogens with two attached hydrogens (primary N) is 1. The highest BCUT2D eigenvalue weighted by Crippen LogP contribution is 2.44. The Labute approximate surface area is 262 Å². The molecule has 1 aromatic carbocycles. The summed E-state index contributed by atoms with van der Waals surface area (Å²) in [5, 5.41) is 21.6. The molecular weight excluding hydrogens is 606 g/mol. The number of halogens is 3. The van der Waals surface area contributed by atoms with Gasteiger partial charge in [-0.3, -0.25) is 4.90 Å². The van der Waals surface area contributed by atoms with Crippen LogP contribution >= 0.6 is 22.9 Å². The van der Waals surface area contributed by atoms with Crippen molar-refractivity contribution >= 4 is 62.8 Å². The summed E-state index contributed by atoms with van der Waals surface area (Å²) < 4.78 is 37.9. The summed E-state index contributed by atoms with van der Waals surface area (Å²) >= 11 is 7.88. The number of benzene rings is 1. The number of nitrogens with zero attached hydrogens (tertiary/aromatic N) is 5. The smallest absolute Gasteiger partial charge is 0.319 e. The second-order valence-corrected chi connectivity index (χ2v) is 13.7. The van der Waals surface area contributed by atoms with Crippen LogP contribution in [0.2, 0.25) is 5.02 Å². The Morgan fingerprint density at radius 2 is 2.09 bits per heavy atom. The van der Waals surface area contributed by atoms with Crippen molar-refractivity contribution in [2.75, 3.05) is 50.0 Å². The maximum Gasteiger partial charge on any atom is 0.319 e. The molecule has 3 aromatic rings. The van der Waals surface area contributed by atoms with E-state index in [-0.39, 0.29) is 59.9 Å². The van der Waals surface area contributed by atoms with Gasteiger partial charge >= 0.3 is 6.01 Å². The van der Waals surface area contributed by atoms with Crippen LogP contribution in [0.5, 0.6) is 6.01 Å². The van der Waals surface area contributed by atoms with Crippen molar-refractivity contribution in [1.82, 2.24) is 20.2 Å². The van der Waals surface area contributed by atoms with Gasteiger partial charge in [0.1, 0.15) is 29.0 Å². The predicted molar refractivity (Wildman–Crippen MR) is 169 cm³/mol. The molecule has 2 aromatic heterocycles. The molecule has 0 amide bonds. The highest BCUT2D eigenvalue weighted by atomic mass is 35.5. The van der Waals surface area contributed by atoms with Crippen LogP contribution in [0, 0.1) is 28.5 Å². The van der Waals surface area contributed by atoms with Crippen LogP contribution in [0.15, 0.2) is 0 Å². The summed E-state index contributed by atoms with van der Waals surface area (Å²) in [5.74, 6) is -0.845. The molecule has 0 saturated carbocycles. The minimum Gasteiger partial charge on any atom is -0.461 e. The molecule has 0 spiro atoms. The molecule has 7 rings (SSSR count). The Morgan fingerprint density at radius 3 is 2.82 bits per heavy atom. The minimum atomic E-state index is -0.879. The van der Waals surface area contributed by atoms with E-state index in [9.17, 15) is 9.65 Å². The first-order chi connectivity index (χ1) is 21.3. The molecule has 2 atom stereocenters. The molecule has 230 valence electrons. The van der Waals surface area contributed by atoms with Crippen LogP contribution in [0.1, 0.15) is 49.3 Å². The van der Waals surface area contributed by atoms with Gasteiger partial charge in [0.15, 0.2) is 11.6 Å². The normalized spacial score (nSPS) is 23.7. The number of rotatable bonds is 5. The van der Waals surface area contributed by atoms with Crippen molar-refractivity contribution < 1.29 is 13.5 Å². The number of nitrogens with one attached hydrogen (secondary N) is 2. The number of piperazine rings is 1. The number of nitriles is 1. The molecule has 4 aliphatic heterocycles. The third-order valence-electron chi connectivity index (χ3n) is 9.85. The summed E-state index contributed by atoms with van der Waals surface area (Å²) in [5.41, 5.74) is 6.77. The van der Waals surface area contributed by atoms with Gasteiger partial charge in [-0.15, -0.1) is 11.3 Å². The lowest BCUT2D eigenvalue weighted by molar-refractivity contribution is 0.108. The second kappa shape index (κ2) is 11.2. The van der Waals surface area contributed by atoms with Crippen molar-refractivity contribution in [1.29, 1.82) is 10.7 Å². The van der Waals surface area contributed by atoms with E-state index in [4.69, 9.17) is 32.5 Å². The van der Waals surface area contributed by atoms with E-state index in [1.54, 1.807) is 0 Å². The van der Waals surface area contributed by atoms with Gasteiger partial charge in [0, 0.05) is 36.5 Å². The maximum absolute atomic E-state index is 16.8. The predicted octanol–water partition coefficient (Wildman–Crippen LogP) is 3.47. The first-order valence-corrected chi connectivity index (χ1v) is 16.2. The molecule has 3 saturated heterocycles. The Balaban J connectivity index is 1.47. The van der Waals surface area contributed by atoms with E-state index < -0.39 is 11.6 Å². The van der Waals surface area contributed by atoms with Gasteiger partial charge in [0.05, 0.1) is 32.3 Å². The molecule has 3 fully saturated rings. The highest BCUT2D eigenvalue weighted by molar-refractivity contribution is 7.14. The molecule has 9 nitrogen and oxygen atoms in total. The lowest BCUT2D eigenvalue weighted by Gasteiger charge is -2.39. The second-order valence-electron chi connectivity index (χ2n) is 12.3. The van der Waals surface area contributed by atoms with Crippen LogP contribution < -0.4 is 30.4 Å². The zero-order valence-electron chi connectivity index (χ0n) is 24.4. The standard InChI is InChI=1S/C31H33ClF2N8OS/c1-16-10-18-23-26(25(34)19(24(18)32)11-17-20(12-35)28(37)44-27(17)21(33)13-36)39-30(40-29(23)42-9-6-38-14-22(16)42)43-15-31-4-2-7-41(31)8-3-5-31/h11,13,16,22,36,38H,2-10,14-15,37H2,1H3/b17-11+,27-21-,36-13?/t16-,22?/m0/s1.